The quantitative estimate of drug-likeness (QED) is 0.686. The summed E-state index contributed by atoms with van der Waals surface area (Å²) in [6, 6.07) is 5.78. The molecule has 0 radical (unpaired) electrons. The number of benzene rings is 1. The van der Waals surface area contributed by atoms with Gasteiger partial charge in [-0.25, -0.2) is 0 Å². The molecule has 1 aromatic carbocycles. The number of rotatable bonds is 4. The lowest BCUT2D eigenvalue weighted by Crippen LogP contribution is -2.51. The van der Waals surface area contributed by atoms with Gasteiger partial charge in [0.25, 0.3) is 0 Å². The van der Waals surface area contributed by atoms with Gasteiger partial charge in [-0.05, 0) is 56.7 Å². The average Bonchev–Trinajstić information content (AvgIpc) is 2.51. The zero-order chi connectivity index (χ0) is 15.6. The van der Waals surface area contributed by atoms with E-state index in [0.717, 1.165) is 29.7 Å². The molecule has 0 saturated carbocycles. The van der Waals surface area contributed by atoms with Crippen molar-refractivity contribution >= 4 is 22.6 Å². The Bertz CT molecular complexity index is 573. The van der Waals surface area contributed by atoms with Crippen LogP contribution in [0.3, 0.4) is 0 Å². The van der Waals surface area contributed by atoms with Crippen LogP contribution in [0.5, 0.6) is 5.75 Å². The van der Waals surface area contributed by atoms with Gasteiger partial charge >= 0.3 is 0 Å². The van der Waals surface area contributed by atoms with Crippen LogP contribution < -0.4 is 4.74 Å². The smallest absolute Gasteiger partial charge is 0.165 e. The van der Waals surface area contributed by atoms with Crippen LogP contribution in [0.25, 0.3) is 0 Å². The van der Waals surface area contributed by atoms with Crippen LogP contribution in [-0.2, 0) is 16.0 Å². The van der Waals surface area contributed by atoms with E-state index in [2.05, 4.69) is 0 Å². The number of hydrogen-bond acceptors (Lipinski definition) is 5. The van der Waals surface area contributed by atoms with Crippen LogP contribution >= 0.6 is 11.8 Å². The number of ether oxygens (including phenoxy) is 2. The summed E-state index contributed by atoms with van der Waals surface area (Å²) in [5, 5.41) is 8.42. The summed E-state index contributed by atoms with van der Waals surface area (Å²) in [5.74, 6) is 0.757. The van der Waals surface area contributed by atoms with Crippen molar-refractivity contribution in [3.05, 3.63) is 29.3 Å². The topological polar surface area (TPSA) is 59.4 Å². The fourth-order valence-electron chi connectivity index (χ4n) is 2.54. The summed E-state index contributed by atoms with van der Waals surface area (Å²) < 4.78 is 11.4. The van der Waals surface area contributed by atoms with Gasteiger partial charge in [-0.3, -0.25) is 10.2 Å². The lowest BCUT2D eigenvalue weighted by Gasteiger charge is -2.37. The first kappa shape index (κ1) is 16.0. The normalized spacial score (nSPS) is 20.1. The number of nitrogens with one attached hydrogen (secondary N) is 1. The molecule has 0 saturated heterocycles. The lowest BCUT2D eigenvalue weighted by molar-refractivity contribution is -0.149. The maximum Gasteiger partial charge on any atom is 0.165 e. The molecule has 0 fully saturated rings. The van der Waals surface area contributed by atoms with Gasteiger partial charge in [-0.2, -0.15) is 0 Å². The minimum atomic E-state index is -0.914. The maximum atomic E-state index is 11.9. The van der Waals surface area contributed by atoms with Crippen molar-refractivity contribution in [3.8, 4) is 5.75 Å². The molecule has 1 heterocycles. The fraction of sp³-hybridized carbons (Fsp3) is 0.500. The second-order valence-corrected chi connectivity index (χ2v) is 6.18. The Labute approximate surface area is 129 Å². The molecule has 0 amide bonds. The van der Waals surface area contributed by atoms with E-state index in [0.29, 0.717) is 5.04 Å². The van der Waals surface area contributed by atoms with Gasteiger partial charge in [0, 0.05) is 12.7 Å². The van der Waals surface area contributed by atoms with Crippen LogP contribution in [0.4, 0.5) is 0 Å². The summed E-state index contributed by atoms with van der Waals surface area (Å²) in [6.07, 6.45) is 3.17. The highest BCUT2D eigenvalue weighted by molar-refractivity contribution is 8.13. The first-order chi connectivity index (χ1) is 9.92. The van der Waals surface area contributed by atoms with E-state index in [4.69, 9.17) is 14.9 Å². The maximum absolute atomic E-state index is 11.9. The number of ketones is 1. The van der Waals surface area contributed by atoms with Crippen molar-refractivity contribution in [1.82, 2.24) is 0 Å². The number of aryl methyl sites for hydroxylation is 1. The van der Waals surface area contributed by atoms with Gasteiger partial charge < -0.3 is 9.47 Å². The van der Waals surface area contributed by atoms with Crippen molar-refractivity contribution in [1.29, 1.82) is 5.41 Å². The van der Waals surface area contributed by atoms with Gasteiger partial charge in [0.15, 0.2) is 11.4 Å². The van der Waals surface area contributed by atoms with E-state index >= 15 is 0 Å². The van der Waals surface area contributed by atoms with Crippen molar-refractivity contribution in [3.63, 3.8) is 0 Å². The van der Waals surface area contributed by atoms with Crippen LogP contribution in [-0.4, -0.2) is 35.9 Å². The minimum absolute atomic E-state index is 0.0285. The van der Waals surface area contributed by atoms with E-state index in [1.165, 1.54) is 18.7 Å². The molecular weight excluding hydrogens is 286 g/mol. The van der Waals surface area contributed by atoms with Gasteiger partial charge in [0.2, 0.25) is 0 Å². The highest BCUT2D eigenvalue weighted by Gasteiger charge is 2.42. The first-order valence-electron chi connectivity index (χ1n) is 6.91. The molecule has 0 unspecified atom stereocenters. The summed E-state index contributed by atoms with van der Waals surface area (Å²) in [4.78, 5) is 11.9. The molecule has 0 aromatic heterocycles. The van der Waals surface area contributed by atoms with E-state index in [-0.39, 0.29) is 11.9 Å². The predicted molar refractivity (Wildman–Crippen MR) is 85.6 cm³/mol. The fourth-order valence-corrected chi connectivity index (χ4v) is 2.90. The largest absolute Gasteiger partial charge is 0.487 e. The number of methoxy groups -OCH3 is 1. The van der Waals surface area contributed by atoms with Gasteiger partial charge in [0.1, 0.15) is 11.9 Å². The van der Waals surface area contributed by atoms with Crippen molar-refractivity contribution < 1.29 is 14.3 Å². The van der Waals surface area contributed by atoms with E-state index in [1.54, 1.807) is 14.0 Å². The van der Waals surface area contributed by atoms with Gasteiger partial charge in [-0.1, -0.05) is 0 Å². The molecule has 21 heavy (non-hydrogen) atoms. The Kier molecular flexibility index (Phi) is 4.74. The zero-order valence-corrected chi connectivity index (χ0v) is 13.7. The number of hydrogen-bond donors (Lipinski definition) is 1. The molecule has 1 N–H and O–H groups in total. The van der Waals surface area contributed by atoms with E-state index in [9.17, 15) is 4.79 Å². The first-order valence-corrected chi connectivity index (χ1v) is 8.13. The number of fused-ring (bicyclic) bond motifs is 1. The Hall–Kier alpha value is -1.33. The molecule has 2 atom stereocenters. The van der Waals surface area contributed by atoms with Crippen molar-refractivity contribution in [2.45, 2.75) is 38.4 Å². The highest BCUT2D eigenvalue weighted by Crippen LogP contribution is 2.34. The van der Waals surface area contributed by atoms with Gasteiger partial charge in [-0.15, -0.1) is 11.8 Å². The molecule has 1 aliphatic rings. The summed E-state index contributed by atoms with van der Waals surface area (Å²) in [6.45, 7) is 3.31. The zero-order valence-electron chi connectivity index (χ0n) is 12.9. The van der Waals surface area contributed by atoms with E-state index in [1.807, 2.05) is 24.5 Å². The summed E-state index contributed by atoms with van der Waals surface area (Å²) >= 11 is 1.42. The molecular formula is C16H21NO3S. The summed E-state index contributed by atoms with van der Waals surface area (Å²) in [7, 11) is 1.54. The molecule has 5 heteroatoms. The molecule has 0 bridgehead atoms. The lowest BCUT2D eigenvalue weighted by atomic mass is 9.87. The monoisotopic (exact) mass is 307 g/mol. The molecule has 0 aliphatic carbocycles. The van der Waals surface area contributed by atoms with Crippen molar-refractivity contribution in [2.75, 3.05) is 13.4 Å². The molecule has 0 spiro atoms. The summed E-state index contributed by atoms with van der Waals surface area (Å²) in [5.41, 5.74) is 1.08. The highest BCUT2D eigenvalue weighted by atomic mass is 32.2. The predicted octanol–water partition coefficient (Wildman–Crippen LogP) is 3.06. The molecule has 1 aliphatic heterocycles. The third-order valence-corrected chi connectivity index (χ3v) is 4.85. The standard InChI is InChI=1S/C16H21NO3S/c1-10(18)16(2,19-3)14-8-6-11-9-12(15(17)21-4)5-7-13(11)20-14/h5,7,9,14,17H,6,8H2,1-4H3/t14-,16-/m1/s1. The third kappa shape index (κ3) is 2.99. The number of thioether (sulfide) groups is 1. The Morgan fingerprint density at radius 1 is 1.52 bits per heavy atom. The van der Waals surface area contributed by atoms with Crippen LogP contribution in [0, 0.1) is 5.41 Å². The average molecular weight is 307 g/mol. The Morgan fingerprint density at radius 2 is 2.24 bits per heavy atom. The van der Waals surface area contributed by atoms with Crippen LogP contribution in [0.1, 0.15) is 31.4 Å². The van der Waals surface area contributed by atoms with Gasteiger partial charge in [0.05, 0.1) is 5.04 Å². The van der Waals surface area contributed by atoms with Crippen LogP contribution in [0.2, 0.25) is 0 Å². The van der Waals surface area contributed by atoms with Crippen molar-refractivity contribution in [2.24, 2.45) is 0 Å². The molecule has 4 nitrogen and oxygen atoms in total. The third-order valence-electron chi connectivity index (χ3n) is 4.21. The second-order valence-electron chi connectivity index (χ2n) is 5.37. The molecule has 2 rings (SSSR count). The molecule has 1 aromatic rings. The van der Waals surface area contributed by atoms with Crippen LogP contribution in [0.15, 0.2) is 18.2 Å². The number of carbonyl (C=O) groups excluding carboxylic acids is 1. The second kappa shape index (κ2) is 6.20. The number of carbonyl (C=O) groups is 1. The SMILES string of the molecule is CO[C@](C)(C(C)=O)[C@H]1CCc2cc(C(=N)SC)ccc2O1. The minimum Gasteiger partial charge on any atom is -0.487 e. The Balaban J connectivity index is 2.26. The number of Topliss-reactive ketones (excluding diaryl/α,β-unsaturated/α-hetero) is 1. The van der Waals surface area contributed by atoms with E-state index < -0.39 is 5.60 Å². The molecule has 114 valence electrons. The Morgan fingerprint density at radius 3 is 2.81 bits per heavy atom.